The molecule has 0 spiro atoms. The van der Waals surface area contributed by atoms with E-state index in [-0.39, 0.29) is 12.5 Å². The molecule has 6 heteroatoms. The number of carbonyl (C=O) groups excluding carboxylic acids is 1. The number of amides is 1. The minimum Gasteiger partial charge on any atom is -0.484 e. The van der Waals surface area contributed by atoms with E-state index in [2.05, 4.69) is 10.3 Å². The highest BCUT2D eigenvalue weighted by atomic mass is 35.5. The molecular formula is C21H15ClN2O3. The first-order valence-corrected chi connectivity index (χ1v) is 8.69. The molecule has 1 amide bonds. The van der Waals surface area contributed by atoms with Crippen molar-refractivity contribution in [1.29, 1.82) is 0 Å². The van der Waals surface area contributed by atoms with Crippen LogP contribution in [0.25, 0.3) is 22.6 Å². The molecule has 4 rings (SSSR count). The van der Waals surface area contributed by atoms with Crippen molar-refractivity contribution in [3.05, 3.63) is 77.8 Å². The number of anilines is 1. The number of nitrogens with one attached hydrogen (secondary N) is 1. The number of rotatable bonds is 5. The summed E-state index contributed by atoms with van der Waals surface area (Å²) in [6, 6.07) is 21.7. The average molecular weight is 379 g/mol. The molecule has 3 aromatic carbocycles. The summed E-state index contributed by atoms with van der Waals surface area (Å²) in [5.41, 5.74) is 2.72. The van der Waals surface area contributed by atoms with Crippen molar-refractivity contribution in [2.24, 2.45) is 0 Å². The van der Waals surface area contributed by atoms with E-state index >= 15 is 0 Å². The molecule has 0 saturated carbocycles. The maximum absolute atomic E-state index is 12.1. The van der Waals surface area contributed by atoms with Gasteiger partial charge < -0.3 is 14.5 Å². The second kappa shape index (κ2) is 7.51. The highest BCUT2D eigenvalue weighted by molar-refractivity contribution is 6.31. The lowest BCUT2D eigenvalue weighted by Gasteiger charge is -2.08. The summed E-state index contributed by atoms with van der Waals surface area (Å²) in [7, 11) is 0. The zero-order valence-corrected chi connectivity index (χ0v) is 14.9. The summed E-state index contributed by atoms with van der Waals surface area (Å²) >= 11 is 5.99. The van der Waals surface area contributed by atoms with Crippen molar-refractivity contribution in [3.63, 3.8) is 0 Å². The summed E-state index contributed by atoms with van der Waals surface area (Å²) in [5.74, 6) is 0.857. The zero-order valence-electron chi connectivity index (χ0n) is 14.2. The third kappa shape index (κ3) is 4.10. The number of nitrogens with zero attached hydrogens (tertiary/aromatic N) is 1. The molecule has 0 unspecified atom stereocenters. The largest absolute Gasteiger partial charge is 0.484 e. The van der Waals surface area contributed by atoms with E-state index in [1.54, 1.807) is 42.5 Å². The number of halogens is 1. The number of oxazole rings is 1. The van der Waals surface area contributed by atoms with Gasteiger partial charge in [-0.1, -0.05) is 35.9 Å². The van der Waals surface area contributed by atoms with Crippen molar-refractivity contribution < 1.29 is 13.9 Å². The predicted molar refractivity (Wildman–Crippen MR) is 105 cm³/mol. The van der Waals surface area contributed by atoms with Gasteiger partial charge in [-0.3, -0.25) is 4.79 Å². The van der Waals surface area contributed by atoms with Crippen LogP contribution < -0.4 is 10.1 Å². The van der Waals surface area contributed by atoms with Crippen molar-refractivity contribution >= 4 is 34.3 Å². The van der Waals surface area contributed by atoms with Crippen LogP contribution in [-0.4, -0.2) is 17.5 Å². The van der Waals surface area contributed by atoms with E-state index in [1.807, 2.05) is 30.3 Å². The SMILES string of the molecule is O=C(COc1ccccc1)Nc1cccc(-c2nc3cc(Cl)ccc3o2)c1. The van der Waals surface area contributed by atoms with E-state index < -0.39 is 0 Å². The van der Waals surface area contributed by atoms with Crippen LogP contribution in [0.15, 0.2) is 77.2 Å². The fourth-order valence-corrected chi connectivity index (χ4v) is 2.78. The standard InChI is InChI=1S/C21H15ClN2O3/c22-15-9-10-19-18(12-15)24-21(27-19)14-5-4-6-16(11-14)23-20(25)13-26-17-7-2-1-3-8-17/h1-12H,13H2,(H,23,25). The quantitative estimate of drug-likeness (QED) is 0.520. The molecule has 4 aromatic rings. The van der Waals surface area contributed by atoms with Gasteiger partial charge in [-0.25, -0.2) is 4.98 Å². The molecule has 27 heavy (non-hydrogen) atoms. The monoisotopic (exact) mass is 378 g/mol. The van der Waals surface area contributed by atoms with E-state index in [0.717, 1.165) is 5.56 Å². The number of para-hydroxylation sites is 1. The Bertz CT molecular complexity index is 1090. The third-order valence-corrected chi connectivity index (χ3v) is 4.09. The summed E-state index contributed by atoms with van der Waals surface area (Å²) in [5, 5.41) is 3.41. The summed E-state index contributed by atoms with van der Waals surface area (Å²) < 4.78 is 11.2. The molecule has 1 heterocycles. The van der Waals surface area contributed by atoms with Gasteiger partial charge in [0, 0.05) is 16.3 Å². The van der Waals surface area contributed by atoms with Gasteiger partial charge in [-0.2, -0.15) is 0 Å². The summed E-state index contributed by atoms with van der Waals surface area (Å²) in [6.45, 7) is -0.0738. The Morgan fingerprint density at radius 1 is 1.04 bits per heavy atom. The van der Waals surface area contributed by atoms with Crippen LogP contribution in [0.5, 0.6) is 5.75 Å². The van der Waals surface area contributed by atoms with Crippen LogP contribution in [0.2, 0.25) is 5.02 Å². The molecule has 0 radical (unpaired) electrons. The number of hydrogen-bond acceptors (Lipinski definition) is 4. The first-order chi connectivity index (χ1) is 13.2. The maximum atomic E-state index is 12.1. The van der Waals surface area contributed by atoms with E-state index in [9.17, 15) is 4.79 Å². The summed E-state index contributed by atoms with van der Waals surface area (Å²) in [4.78, 5) is 16.6. The number of hydrogen-bond donors (Lipinski definition) is 1. The number of carbonyl (C=O) groups is 1. The summed E-state index contributed by atoms with van der Waals surface area (Å²) in [6.07, 6.45) is 0. The molecule has 0 aliphatic heterocycles. The number of fused-ring (bicyclic) bond motifs is 1. The van der Waals surface area contributed by atoms with Crippen molar-refractivity contribution in [2.45, 2.75) is 0 Å². The Morgan fingerprint density at radius 2 is 1.89 bits per heavy atom. The second-order valence-corrected chi connectivity index (χ2v) is 6.30. The Hall–Kier alpha value is -3.31. The van der Waals surface area contributed by atoms with Gasteiger partial charge >= 0.3 is 0 Å². The lowest BCUT2D eigenvalue weighted by atomic mass is 10.2. The smallest absolute Gasteiger partial charge is 0.262 e. The molecule has 0 atom stereocenters. The molecule has 0 aliphatic rings. The van der Waals surface area contributed by atoms with Crippen molar-refractivity contribution in [2.75, 3.05) is 11.9 Å². The van der Waals surface area contributed by atoms with Gasteiger partial charge in [0.25, 0.3) is 5.91 Å². The van der Waals surface area contributed by atoms with Crippen LogP contribution in [0.4, 0.5) is 5.69 Å². The first kappa shape index (κ1) is 17.1. The number of aromatic nitrogens is 1. The van der Waals surface area contributed by atoms with Crippen LogP contribution in [0, 0.1) is 0 Å². The molecular weight excluding hydrogens is 364 g/mol. The fraction of sp³-hybridized carbons (Fsp3) is 0.0476. The van der Waals surface area contributed by atoms with Crippen molar-refractivity contribution in [3.8, 4) is 17.2 Å². The molecule has 0 bridgehead atoms. The van der Waals surface area contributed by atoms with Crippen LogP contribution in [0.1, 0.15) is 0 Å². The molecule has 0 fully saturated rings. The van der Waals surface area contributed by atoms with E-state index in [4.69, 9.17) is 20.8 Å². The lowest BCUT2D eigenvalue weighted by Crippen LogP contribution is -2.20. The Labute approximate surface area is 160 Å². The predicted octanol–water partition coefficient (Wildman–Crippen LogP) is 5.17. The molecule has 0 aliphatic carbocycles. The normalized spacial score (nSPS) is 10.7. The van der Waals surface area contributed by atoms with Crippen LogP contribution in [-0.2, 0) is 4.79 Å². The lowest BCUT2D eigenvalue weighted by molar-refractivity contribution is -0.118. The third-order valence-electron chi connectivity index (χ3n) is 3.86. The second-order valence-electron chi connectivity index (χ2n) is 5.86. The topological polar surface area (TPSA) is 64.4 Å². The minimum absolute atomic E-state index is 0.0738. The highest BCUT2D eigenvalue weighted by Crippen LogP contribution is 2.27. The first-order valence-electron chi connectivity index (χ1n) is 8.32. The Kier molecular flexibility index (Phi) is 4.77. The number of ether oxygens (including phenoxy) is 1. The molecule has 1 N–H and O–H groups in total. The Morgan fingerprint density at radius 3 is 2.74 bits per heavy atom. The maximum Gasteiger partial charge on any atom is 0.262 e. The van der Waals surface area contributed by atoms with Gasteiger partial charge in [0.05, 0.1) is 0 Å². The zero-order chi connectivity index (χ0) is 18.6. The fourth-order valence-electron chi connectivity index (χ4n) is 2.62. The van der Waals surface area contributed by atoms with Gasteiger partial charge in [0.15, 0.2) is 12.2 Å². The van der Waals surface area contributed by atoms with Gasteiger partial charge in [0.2, 0.25) is 5.89 Å². The highest BCUT2D eigenvalue weighted by Gasteiger charge is 2.10. The van der Waals surface area contributed by atoms with Gasteiger partial charge in [0.1, 0.15) is 11.3 Å². The van der Waals surface area contributed by atoms with Gasteiger partial charge in [-0.15, -0.1) is 0 Å². The van der Waals surface area contributed by atoms with Gasteiger partial charge in [-0.05, 0) is 48.5 Å². The Balaban J connectivity index is 1.47. The average Bonchev–Trinajstić information content (AvgIpc) is 3.11. The molecule has 0 saturated heterocycles. The molecule has 1 aromatic heterocycles. The van der Waals surface area contributed by atoms with E-state index in [0.29, 0.717) is 33.4 Å². The number of benzene rings is 3. The van der Waals surface area contributed by atoms with E-state index in [1.165, 1.54) is 0 Å². The van der Waals surface area contributed by atoms with Crippen LogP contribution in [0.3, 0.4) is 0 Å². The molecule has 5 nitrogen and oxygen atoms in total. The minimum atomic E-state index is -0.250. The van der Waals surface area contributed by atoms with Crippen molar-refractivity contribution in [1.82, 2.24) is 4.98 Å². The molecule has 134 valence electrons. The van der Waals surface area contributed by atoms with Crippen LogP contribution >= 0.6 is 11.6 Å².